The van der Waals surface area contributed by atoms with Gasteiger partial charge in [-0.2, -0.15) is 20.4 Å². The number of anilines is 3. The number of nitrogens with one attached hydrogen (secondary N) is 5. The van der Waals surface area contributed by atoms with Crippen molar-refractivity contribution in [3.05, 3.63) is 116 Å². The molecule has 0 radical (unpaired) electrons. The molecule has 6 aromatic heterocycles. The number of ether oxygens (including phenoxy) is 2. The minimum absolute atomic E-state index is 0.0324. The van der Waals surface area contributed by atoms with Gasteiger partial charge in [-0.1, -0.05) is 18.2 Å². The van der Waals surface area contributed by atoms with Gasteiger partial charge in [0.15, 0.2) is 0 Å². The maximum atomic E-state index is 10.5. The van der Waals surface area contributed by atoms with Gasteiger partial charge in [-0.25, -0.2) is 15.0 Å². The maximum Gasteiger partial charge on any atom is 0.245 e. The highest BCUT2D eigenvalue weighted by Crippen LogP contribution is 2.36. The number of rotatable bonds is 14. The molecular formula is C61H71N21O5. The molecule has 0 amide bonds. The fourth-order valence-electron chi connectivity index (χ4n) is 11.9. The molecule has 450 valence electrons. The lowest BCUT2D eigenvalue weighted by atomic mass is 9.80. The van der Waals surface area contributed by atoms with Crippen molar-refractivity contribution < 1.29 is 24.8 Å². The van der Waals surface area contributed by atoms with Crippen LogP contribution < -0.4 is 31.1 Å². The average Bonchev–Trinajstić information content (AvgIpc) is 3.56. The van der Waals surface area contributed by atoms with Crippen molar-refractivity contribution in [2.75, 3.05) is 67.7 Å². The lowest BCUT2D eigenvalue weighted by Gasteiger charge is -2.46. The SMILES string of the molecule is CC1(C)CC(Nc2ncc(-c3ccc(-c4ccnnc4)cc3O)nn2)CC(C)(C)N1.Cn1cc(-c2ccc(-c3cnc(N4CCC(NC5COC5)C4)nn3)c(O)c2)cn1.Oc1cc(-c2cn[nH]c2)ccc1-c1cnc(N2CCC(NC3COC3)C2)nn1. The fraction of sp³-hybridized carbons (Fsp3) is 0.393. The standard InChI is InChI=1S/C22H27N7O.C20H23N7O2.C19H21N7O2/c1-21(2)10-16(11-22(3,4)29-21)26-20-23-13-18(27-28-20)17-6-5-14(9-19(17)30)15-7-8-24-25-12-15;1-26-9-14(7-22-26)13-2-3-17(19(28)6-13)18-8-21-20(25-24-18)27-5-4-15(10-27)23-16-11-29-12-16;27-18-5-12(13-6-21-22-7-13)1-2-16(18)17-8-20-19(25-24-17)26-4-3-14(9-26)23-15-10-28-11-15/h5-9,12-13,16,29-30H,10-11H2,1-4H3,(H,23,26,28);2-3,6-9,15-16,23,28H,4-5,10-12H2,1H3;1-2,5-8,14-15,23,27H,3-4,9-11H2,(H,21,22). The summed E-state index contributed by atoms with van der Waals surface area (Å²) in [7, 11) is 1.86. The number of hydrogen-bond acceptors (Lipinski definition) is 24. The van der Waals surface area contributed by atoms with Crippen molar-refractivity contribution in [1.29, 1.82) is 0 Å². The molecule has 5 saturated heterocycles. The molecule has 9 aromatic rings. The first-order valence-electron chi connectivity index (χ1n) is 29.2. The van der Waals surface area contributed by atoms with E-state index in [1.165, 1.54) is 0 Å². The van der Waals surface area contributed by atoms with E-state index >= 15 is 0 Å². The highest BCUT2D eigenvalue weighted by molar-refractivity contribution is 5.76. The third-order valence-electron chi connectivity index (χ3n) is 16.0. The predicted octanol–water partition coefficient (Wildman–Crippen LogP) is 5.84. The summed E-state index contributed by atoms with van der Waals surface area (Å²) in [6.07, 6.45) is 19.4. The average molecular weight is 1180 g/mol. The molecule has 87 heavy (non-hydrogen) atoms. The van der Waals surface area contributed by atoms with Gasteiger partial charge in [0.25, 0.3) is 0 Å². The summed E-state index contributed by atoms with van der Waals surface area (Å²) in [5.74, 6) is 2.13. The summed E-state index contributed by atoms with van der Waals surface area (Å²) < 4.78 is 12.2. The molecule has 26 heteroatoms. The molecule has 3 aromatic carbocycles. The van der Waals surface area contributed by atoms with Crippen molar-refractivity contribution in [1.82, 2.24) is 91.7 Å². The minimum Gasteiger partial charge on any atom is -0.507 e. The number of hydrogen-bond donors (Lipinski definition) is 8. The topological polar surface area (TPSA) is 322 Å². The number of aromatic hydroxyl groups is 3. The Labute approximate surface area is 502 Å². The number of H-pyrrole nitrogens is 1. The van der Waals surface area contributed by atoms with Gasteiger partial charge < -0.3 is 55.9 Å². The summed E-state index contributed by atoms with van der Waals surface area (Å²) in [5.41, 5.74) is 8.81. The first-order valence-corrected chi connectivity index (χ1v) is 29.2. The summed E-state index contributed by atoms with van der Waals surface area (Å²) in [4.78, 5) is 17.7. The Kier molecular flexibility index (Phi) is 17.0. The Morgan fingerprint density at radius 3 is 1.46 bits per heavy atom. The first-order chi connectivity index (χ1) is 42.1. The van der Waals surface area contributed by atoms with Crippen LogP contribution in [0.4, 0.5) is 17.8 Å². The Morgan fingerprint density at radius 2 is 1.05 bits per heavy atom. The van der Waals surface area contributed by atoms with Crippen LogP contribution in [-0.4, -0.2) is 185 Å². The molecule has 11 heterocycles. The van der Waals surface area contributed by atoms with Crippen molar-refractivity contribution in [3.63, 3.8) is 0 Å². The van der Waals surface area contributed by atoms with Gasteiger partial charge in [0.05, 0.1) is 81.9 Å². The van der Waals surface area contributed by atoms with Crippen LogP contribution in [0.3, 0.4) is 0 Å². The van der Waals surface area contributed by atoms with E-state index in [-0.39, 0.29) is 34.4 Å². The molecule has 5 aliphatic rings. The van der Waals surface area contributed by atoms with E-state index in [4.69, 9.17) is 9.47 Å². The molecule has 0 bridgehead atoms. The zero-order valence-electron chi connectivity index (χ0n) is 49.2. The summed E-state index contributed by atoms with van der Waals surface area (Å²) in [6, 6.07) is 20.2. The van der Waals surface area contributed by atoms with Crippen molar-refractivity contribution >= 4 is 17.8 Å². The van der Waals surface area contributed by atoms with Gasteiger partial charge in [0.2, 0.25) is 17.8 Å². The second-order valence-electron chi connectivity index (χ2n) is 24.0. The lowest BCUT2D eigenvalue weighted by Crippen LogP contribution is -2.60. The highest BCUT2D eigenvalue weighted by atomic mass is 16.5. The van der Waals surface area contributed by atoms with E-state index in [0.29, 0.717) is 75.8 Å². The van der Waals surface area contributed by atoms with E-state index in [1.54, 1.807) is 72.5 Å². The van der Waals surface area contributed by atoms with Crippen LogP contribution in [0.1, 0.15) is 53.4 Å². The molecule has 0 aliphatic carbocycles. The summed E-state index contributed by atoms with van der Waals surface area (Å²) in [6.45, 7) is 15.5. The van der Waals surface area contributed by atoms with Crippen LogP contribution >= 0.6 is 0 Å². The van der Waals surface area contributed by atoms with Crippen LogP contribution in [0.5, 0.6) is 17.2 Å². The van der Waals surface area contributed by atoms with E-state index in [0.717, 1.165) is 112 Å². The van der Waals surface area contributed by atoms with Crippen molar-refractivity contribution in [2.24, 2.45) is 7.05 Å². The molecule has 14 rings (SSSR count). The molecule has 2 atom stereocenters. The third-order valence-corrected chi connectivity index (χ3v) is 16.0. The molecular weight excluding hydrogens is 1110 g/mol. The van der Waals surface area contributed by atoms with Crippen molar-refractivity contribution in [3.8, 4) is 84.4 Å². The van der Waals surface area contributed by atoms with Gasteiger partial charge in [0.1, 0.15) is 34.3 Å². The Balaban J connectivity index is 0.000000127. The molecule has 8 N–H and O–H groups in total. The number of phenols is 3. The number of phenolic OH excluding ortho intramolecular Hbond substituents is 3. The van der Waals surface area contributed by atoms with Gasteiger partial charge >= 0.3 is 0 Å². The fourth-order valence-corrected chi connectivity index (χ4v) is 11.9. The number of aromatic amines is 1. The van der Waals surface area contributed by atoms with Crippen LogP contribution in [0.2, 0.25) is 0 Å². The molecule has 5 aliphatic heterocycles. The number of nitrogens with zero attached hydrogens (tertiary/aromatic N) is 16. The first kappa shape index (κ1) is 58.2. The van der Waals surface area contributed by atoms with Gasteiger partial charge in [-0.3, -0.25) is 9.78 Å². The van der Waals surface area contributed by atoms with Crippen LogP contribution in [0, 0.1) is 0 Å². The van der Waals surface area contributed by atoms with E-state index in [2.05, 4.69) is 130 Å². The molecule has 0 saturated carbocycles. The predicted molar refractivity (Wildman–Crippen MR) is 326 cm³/mol. The van der Waals surface area contributed by atoms with E-state index in [9.17, 15) is 15.3 Å². The zero-order chi connectivity index (χ0) is 60.1. The van der Waals surface area contributed by atoms with Crippen LogP contribution in [0.25, 0.3) is 67.2 Å². The molecule has 0 spiro atoms. The van der Waals surface area contributed by atoms with Crippen LogP contribution in [0.15, 0.2) is 116 Å². The third kappa shape index (κ3) is 14.2. The molecule has 2 unspecified atom stereocenters. The number of aromatic nitrogens is 15. The largest absolute Gasteiger partial charge is 0.507 e. The van der Waals surface area contributed by atoms with E-state index < -0.39 is 0 Å². The van der Waals surface area contributed by atoms with Crippen LogP contribution in [-0.2, 0) is 16.5 Å². The highest BCUT2D eigenvalue weighted by Gasteiger charge is 2.38. The smallest absolute Gasteiger partial charge is 0.245 e. The minimum atomic E-state index is 0.0324. The van der Waals surface area contributed by atoms with Crippen molar-refractivity contribution in [2.45, 2.75) is 94.7 Å². The Bertz CT molecular complexity index is 3720. The quantitative estimate of drug-likeness (QED) is 0.0634. The van der Waals surface area contributed by atoms with Gasteiger partial charge in [-0.05, 0) is 113 Å². The summed E-state index contributed by atoms with van der Waals surface area (Å²) >= 11 is 0. The molecule has 26 nitrogen and oxygen atoms in total. The second kappa shape index (κ2) is 25.4. The summed E-state index contributed by atoms with van der Waals surface area (Å²) in [5, 5.41) is 89.9. The Morgan fingerprint density at radius 1 is 0.529 bits per heavy atom. The maximum absolute atomic E-state index is 10.5. The lowest BCUT2D eigenvalue weighted by molar-refractivity contribution is -0.00896. The molecule has 5 fully saturated rings. The van der Waals surface area contributed by atoms with Gasteiger partial charge in [0, 0.05) is 108 Å². The van der Waals surface area contributed by atoms with E-state index in [1.807, 2.05) is 55.7 Å². The number of benzene rings is 3. The second-order valence-corrected chi connectivity index (χ2v) is 24.0. The number of piperidine rings is 1. The number of aryl methyl sites for hydroxylation is 1. The zero-order valence-corrected chi connectivity index (χ0v) is 49.2. The normalized spacial score (nSPS) is 19.1. The van der Waals surface area contributed by atoms with Gasteiger partial charge in [-0.15, -0.1) is 30.6 Å². The Hall–Kier alpha value is -9.21. The monoisotopic (exact) mass is 1180 g/mol.